The largest absolute Gasteiger partial charge is 0.573 e. The summed E-state index contributed by atoms with van der Waals surface area (Å²) in [4.78, 5) is 13.6. The number of halogens is 3. The highest BCUT2D eigenvalue weighted by Crippen LogP contribution is 2.36. The maximum atomic E-state index is 13.6. The Bertz CT molecular complexity index is 1370. The molecule has 10 heteroatoms. The molecule has 38 heavy (non-hydrogen) atoms. The van der Waals surface area contributed by atoms with Crippen molar-refractivity contribution in [3.8, 4) is 28.4 Å². The molecule has 1 fully saturated rings. The van der Waals surface area contributed by atoms with Crippen LogP contribution in [0.2, 0.25) is 0 Å². The Morgan fingerprint density at radius 3 is 2.26 bits per heavy atom. The van der Waals surface area contributed by atoms with Crippen LogP contribution in [0.1, 0.15) is 18.4 Å². The van der Waals surface area contributed by atoms with Crippen molar-refractivity contribution in [2.75, 3.05) is 18.4 Å². The van der Waals surface area contributed by atoms with E-state index >= 15 is 0 Å². The lowest BCUT2D eigenvalue weighted by atomic mass is 9.72. The van der Waals surface area contributed by atoms with Crippen molar-refractivity contribution >= 4 is 11.6 Å². The maximum Gasteiger partial charge on any atom is 0.573 e. The predicted molar refractivity (Wildman–Crippen MR) is 136 cm³/mol. The summed E-state index contributed by atoms with van der Waals surface area (Å²) < 4.78 is 47.1. The van der Waals surface area contributed by atoms with Gasteiger partial charge in [-0.3, -0.25) is 9.89 Å². The normalized spacial score (nSPS) is 15.0. The van der Waals surface area contributed by atoms with E-state index in [0.717, 1.165) is 35.8 Å². The number of hydrogen-bond acceptors (Lipinski definition) is 5. The lowest BCUT2D eigenvalue weighted by Gasteiger charge is -2.37. The number of alkyl halides is 3. The summed E-state index contributed by atoms with van der Waals surface area (Å²) in [7, 11) is 0. The molecule has 0 spiro atoms. The van der Waals surface area contributed by atoms with Gasteiger partial charge in [0.25, 0.3) is 0 Å². The van der Waals surface area contributed by atoms with Gasteiger partial charge in [0.15, 0.2) is 0 Å². The van der Waals surface area contributed by atoms with Crippen LogP contribution in [0.25, 0.3) is 11.1 Å². The molecule has 196 valence electrons. The van der Waals surface area contributed by atoms with Gasteiger partial charge >= 0.3 is 6.36 Å². The Morgan fingerprint density at radius 1 is 0.895 bits per heavy atom. The van der Waals surface area contributed by atoms with Crippen LogP contribution in [-0.2, 0) is 10.2 Å². The van der Waals surface area contributed by atoms with Crippen LogP contribution >= 0.6 is 0 Å². The molecule has 3 N–H and O–H groups in total. The smallest absolute Gasteiger partial charge is 0.457 e. The molecule has 2 heterocycles. The summed E-state index contributed by atoms with van der Waals surface area (Å²) in [6.45, 7) is 1.45. The third kappa shape index (κ3) is 5.81. The molecule has 4 aromatic rings. The minimum absolute atomic E-state index is 0.0965. The van der Waals surface area contributed by atoms with Crippen molar-refractivity contribution in [3.63, 3.8) is 0 Å². The molecule has 1 aromatic heterocycles. The highest BCUT2D eigenvalue weighted by molar-refractivity contribution is 5.99. The van der Waals surface area contributed by atoms with E-state index in [9.17, 15) is 18.0 Å². The van der Waals surface area contributed by atoms with Crippen molar-refractivity contribution in [2.24, 2.45) is 0 Å². The second kappa shape index (κ2) is 10.6. The molecule has 5 rings (SSSR count). The molecule has 1 aliphatic rings. The van der Waals surface area contributed by atoms with Gasteiger partial charge in [-0.2, -0.15) is 5.10 Å². The molecule has 0 radical (unpaired) electrons. The third-order valence-electron chi connectivity index (χ3n) is 6.55. The summed E-state index contributed by atoms with van der Waals surface area (Å²) in [6.07, 6.45) is 0.0970. The number of anilines is 1. The predicted octanol–water partition coefficient (Wildman–Crippen LogP) is 6.03. The Morgan fingerprint density at radius 2 is 1.61 bits per heavy atom. The zero-order chi connectivity index (χ0) is 26.6. The number of piperidine rings is 1. The molecular weight excluding hydrogens is 497 g/mol. The van der Waals surface area contributed by atoms with Crippen molar-refractivity contribution in [3.05, 3.63) is 90.8 Å². The number of hydrogen-bond donors (Lipinski definition) is 3. The topological polar surface area (TPSA) is 88.3 Å². The lowest BCUT2D eigenvalue weighted by molar-refractivity contribution is -0.274. The highest BCUT2D eigenvalue weighted by Gasteiger charge is 2.41. The second-order valence-electron chi connectivity index (χ2n) is 9.00. The molecule has 0 atom stereocenters. The first kappa shape index (κ1) is 25.3. The van der Waals surface area contributed by atoms with E-state index < -0.39 is 11.8 Å². The summed E-state index contributed by atoms with van der Waals surface area (Å²) in [5, 5.41) is 13.2. The average molecular weight is 523 g/mol. The van der Waals surface area contributed by atoms with Crippen LogP contribution in [0, 0.1) is 0 Å². The average Bonchev–Trinajstić information content (AvgIpc) is 3.45. The number of amides is 1. The third-order valence-corrected chi connectivity index (χ3v) is 6.55. The number of carbonyl (C=O) groups excluding carboxylic acids is 1. The van der Waals surface area contributed by atoms with E-state index in [1.54, 1.807) is 30.5 Å². The molecule has 0 unspecified atom stereocenters. The summed E-state index contributed by atoms with van der Waals surface area (Å²) in [5.41, 5.74) is 2.84. The number of carbonyl (C=O) groups is 1. The van der Waals surface area contributed by atoms with Crippen LogP contribution in [0.4, 0.5) is 18.9 Å². The van der Waals surface area contributed by atoms with E-state index in [4.69, 9.17) is 4.74 Å². The number of ether oxygens (including phenoxy) is 2. The van der Waals surface area contributed by atoms with Gasteiger partial charge in [-0.25, -0.2) is 0 Å². The number of rotatable bonds is 7. The zero-order valence-electron chi connectivity index (χ0n) is 20.2. The number of aromatic nitrogens is 2. The van der Waals surface area contributed by atoms with Crippen LogP contribution < -0.4 is 20.1 Å². The van der Waals surface area contributed by atoms with Crippen molar-refractivity contribution in [2.45, 2.75) is 24.6 Å². The number of aromatic amines is 1. The summed E-state index contributed by atoms with van der Waals surface area (Å²) in [6, 6.07) is 20.0. The minimum atomic E-state index is -4.79. The molecule has 0 saturated carbocycles. The number of H-pyrrole nitrogens is 1. The van der Waals surface area contributed by atoms with Crippen molar-refractivity contribution in [1.29, 1.82) is 0 Å². The van der Waals surface area contributed by atoms with E-state index in [0.29, 0.717) is 24.3 Å². The molecule has 3 aromatic carbocycles. The van der Waals surface area contributed by atoms with Gasteiger partial charge in [0, 0.05) is 23.5 Å². The second-order valence-corrected chi connectivity index (χ2v) is 9.00. The van der Waals surface area contributed by atoms with E-state index in [2.05, 4.69) is 25.6 Å². The quantitative estimate of drug-likeness (QED) is 0.276. The van der Waals surface area contributed by atoms with Crippen LogP contribution in [0.3, 0.4) is 0 Å². The fraction of sp³-hybridized carbons (Fsp3) is 0.214. The Hall–Kier alpha value is -4.31. The fourth-order valence-electron chi connectivity index (χ4n) is 4.62. The van der Waals surface area contributed by atoms with E-state index in [1.807, 2.05) is 30.5 Å². The fourth-order valence-corrected chi connectivity index (χ4v) is 4.62. The van der Waals surface area contributed by atoms with E-state index in [1.165, 1.54) is 18.2 Å². The van der Waals surface area contributed by atoms with Gasteiger partial charge in [0.05, 0.1) is 11.6 Å². The Balaban J connectivity index is 1.29. The van der Waals surface area contributed by atoms with Crippen LogP contribution in [0.5, 0.6) is 17.2 Å². The number of nitrogens with one attached hydrogen (secondary N) is 3. The van der Waals surface area contributed by atoms with Crippen LogP contribution in [-0.4, -0.2) is 35.6 Å². The monoisotopic (exact) mass is 522 g/mol. The Kier molecular flexibility index (Phi) is 7.06. The molecule has 7 nitrogen and oxygen atoms in total. The molecule has 1 aliphatic heterocycles. The molecule has 1 saturated heterocycles. The van der Waals surface area contributed by atoms with Gasteiger partial charge in [-0.15, -0.1) is 13.2 Å². The summed E-state index contributed by atoms with van der Waals surface area (Å²) >= 11 is 0. The van der Waals surface area contributed by atoms with Gasteiger partial charge < -0.3 is 20.1 Å². The first-order chi connectivity index (χ1) is 18.3. The number of benzene rings is 3. The minimum Gasteiger partial charge on any atom is -0.457 e. The maximum absolute atomic E-state index is 13.6. The van der Waals surface area contributed by atoms with Crippen molar-refractivity contribution in [1.82, 2.24) is 15.5 Å². The summed E-state index contributed by atoms with van der Waals surface area (Å²) in [5.74, 6) is 0.124. The Labute approximate surface area is 217 Å². The first-order valence-corrected chi connectivity index (χ1v) is 12.1. The lowest BCUT2D eigenvalue weighted by Crippen LogP contribution is -2.48. The zero-order valence-corrected chi connectivity index (χ0v) is 20.2. The van der Waals surface area contributed by atoms with Gasteiger partial charge in [0.2, 0.25) is 5.91 Å². The molecule has 0 aliphatic carbocycles. The SMILES string of the molecule is O=C(Nc1ccc(Oc2cccc(OC(F)(F)F)c2)cc1)C1(c2ccc(-c3cn[nH]c3)cc2)CCNCC1. The molecule has 0 bridgehead atoms. The standard InChI is InChI=1S/C28H25F3N4O3/c29-28(30,31)38-25-3-1-2-24(16-25)37-23-10-8-22(9-11-23)35-26(36)27(12-14-32-15-13-27)21-6-4-19(5-7-21)20-17-33-34-18-20/h1-11,16-18,32H,12-15H2,(H,33,34)(H,35,36). The molecular formula is C28H25F3N4O3. The van der Waals surface area contributed by atoms with E-state index in [-0.39, 0.29) is 17.4 Å². The van der Waals surface area contributed by atoms with Gasteiger partial charge in [-0.05, 0) is 73.5 Å². The highest BCUT2D eigenvalue weighted by atomic mass is 19.4. The van der Waals surface area contributed by atoms with Gasteiger partial charge in [-0.1, -0.05) is 30.3 Å². The number of nitrogens with zero attached hydrogens (tertiary/aromatic N) is 1. The van der Waals surface area contributed by atoms with Crippen LogP contribution in [0.15, 0.2) is 85.2 Å². The molecule has 1 amide bonds. The van der Waals surface area contributed by atoms with Gasteiger partial charge in [0.1, 0.15) is 17.2 Å². The van der Waals surface area contributed by atoms with Crippen molar-refractivity contribution < 1.29 is 27.4 Å². The first-order valence-electron chi connectivity index (χ1n) is 12.1.